The summed E-state index contributed by atoms with van der Waals surface area (Å²) >= 11 is 6.29. The number of hydrogen-bond donors (Lipinski definition) is 0. The summed E-state index contributed by atoms with van der Waals surface area (Å²) in [5.74, 6) is 0.564. The van der Waals surface area contributed by atoms with Gasteiger partial charge in [0.15, 0.2) is 0 Å². The molecule has 3 aromatic rings. The van der Waals surface area contributed by atoms with E-state index >= 15 is 0 Å². The average molecular weight is 405 g/mol. The second kappa shape index (κ2) is 8.10. The standard InChI is InChI=1S/C24H21ClN2O2/c1-16-7-9-17(10-8-16)22-15-23(18-11-13-19(29-2)14-12-18)27(26-22)24(28)20-5-3-4-6-21(20)25/h3-14,23H,15H2,1-2H3/t23-/m1/s1. The van der Waals surface area contributed by atoms with Crippen LogP contribution in [0.1, 0.15) is 39.5 Å². The SMILES string of the molecule is COc1ccc([C@H]2CC(c3ccc(C)cc3)=NN2C(=O)c2ccccc2Cl)cc1. The number of amides is 1. The fourth-order valence-electron chi connectivity index (χ4n) is 3.46. The maximum absolute atomic E-state index is 13.3. The smallest absolute Gasteiger partial charge is 0.276 e. The quantitative estimate of drug-likeness (QED) is 0.564. The van der Waals surface area contributed by atoms with Gasteiger partial charge in [-0.3, -0.25) is 4.79 Å². The number of carbonyl (C=O) groups is 1. The number of rotatable bonds is 4. The van der Waals surface area contributed by atoms with Crippen LogP contribution in [-0.4, -0.2) is 23.7 Å². The minimum absolute atomic E-state index is 0.207. The molecular weight excluding hydrogens is 384 g/mol. The van der Waals surface area contributed by atoms with Crippen LogP contribution in [0.15, 0.2) is 77.9 Å². The van der Waals surface area contributed by atoms with Gasteiger partial charge in [-0.05, 0) is 42.3 Å². The molecule has 4 nitrogen and oxygen atoms in total. The fraction of sp³-hybridized carbons (Fsp3) is 0.167. The number of halogens is 1. The second-order valence-electron chi connectivity index (χ2n) is 7.04. The van der Waals surface area contributed by atoms with Gasteiger partial charge in [0.2, 0.25) is 0 Å². The molecule has 29 heavy (non-hydrogen) atoms. The lowest BCUT2D eigenvalue weighted by molar-refractivity contribution is 0.0711. The summed E-state index contributed by atoms with van der Waals surface area (Å²) in [6.07, 6.45) is 0.631. The lowest BCUT2D eigenvalue weighted by Gasteiger charge is -2.22. The summed E-state index contributed by atoms with van der Waals surface area (Å²) in [4.78, 5) is 13.3. The van der Waals surface area contributed by atoms with Crippen LogP contribution in [0.2, 0.25) is 5.02 Å². The number of hydrogen-bond acceptors (Lipinski definition) is 3. The third-order valence-corrected chi connectivity index (χ3v) is 5.44. The third-order valence-electron chi connectivity index (χ3n) is 5.11. The van der Waals surface area contributed by atoms with E-state index < -0.39 is 0 Å². The van der Waals surface area contributed by atoms with Crippen LogP contribution in [0, 0.1) is 6.92 Å². The van der Waals surface area contributed by atoms with Crippen molar-refractivity contribution in [2.75, 3.05) is 7.11 Å². The molecular formula is C24H21ClN2O2. The Bertz CT molecular complexity index is 1060. The van der Waals surface area contributed by atoms with Crippen molar-refractivity contribution in [2.24, 2.45) is 5.10 Å². The van der Waals surface area contributed by atoms with Crippen molar-refractivity contribution in [3.05, 3.63) is 100 Å². The Hall–Kier alpha value is -3.11. The highest BCUT2D eigenvalue weighted by atomic mass is 35.5. The van der Waals surface area contributed by atoms with E-state index in [1.165, 1.54) is 5.56 Å². The van der Waals surface area contributed by atoms with E-state index in [0.29, 0.717) is 17.0 Å². The normalized spacial score (nSPS) is 15.9. The highest BCUT2D eigenvalue weighted by Gasteiger charge is 2.34. The number of nitrogens with zero attached hydrogens (tertiary/aromatic N) is 2. The lowest BCUT2D eigenvalue weighted by Crippen LogP contribution is -2.27. The van der Waals surface area contributed by atoms with Crippen molar-refractivity contribution in [1.82, 2.24) is 5.01 Å². The van der Waals surface area contributed by atoms with Crippen LogP contribution >= 0.6 is 11.6 Å². The molecule has 0 fully saturated rings. The molecule has 3 aromatic carbocycles. The van der Waals surface area contributed by atoms with Gasteiger partial charge in [-0.1, -0.05) is 65.7 Å². The maximum Gasteiger partial charge on any atom is 0.276 e. The van der Waals surface area contributed by atoms with Crippen LogP contribution < -0.4 is 4.74 Å². The molecule has 0 bridgehead atoms. The number of hydrazone groups is 1. The first-order valence-corrected chi connectivity index (χ1v) is 9.81. The largest absolute Gasteiger partial charge is 0.497 e. The lowest BCUT2D eigenvalue weighted by atomic mass is 9.97. The number of carbonyl (C=O) groups excluding carboxylic acids is 1. The maximum atomic E-state index is 13.3. The third kappa shape index (κ3) is 3.89. The van der Waals surface area contributed by atoms with Gasteiger partial charge in [-0.15, -0.1) is 0 Å². The number of ether oxygens (including phenoxy) is 1. The molecule has 4 rings (SSSR count). The van der Waals surface area contributed by atoms with Gasteiger partial charge in [0.25, 0.3) is 5.91 Å². The van der Waals surface area contributed by atoms with E-state index in [9.17, 15) is 4.79 Å². The Labute approximate surface area is 175 Å². The van der Waals surface area contributed by atoms with E-state index in [0.717, 1.165) is 22.6 Å². The van der Waals surface area contributed by atoms with Gasteiger partial charge >= 0.3 is 0 Å². The molecule has 0 radical (unpaired) electrons. The van der Waals surface area contributed by atoms with Gasteiger partial charge in [0.1, 0.15) is 5.75 Å². The van der Waals surface area contributed by atoms with Crippen molar-refractivity contribution in [3.63, 3.8) is 0 Å². The molecule has 1 aliphatic rings. The first-order chi connectivity index (χ1) is 14.1. The van der Waals surface area contributed by atoms with E-state index in [4.69, 9.17) is 21.4 Å². The van der Waals surface area contributed by atoms with Crippen LogP contribution in [0.4, 0.5) is 0 Å². The highest BCUT2D eigenvalue weighted by Crippen LogP contribution is 2.35. The summed E-state index contributed by atoms with van der Waals surface area (Å²) in [6.45, 7) is 2.05. The van der Waals surface area contributed by atoms with E-state index in [1.54, 1.807) is 24.3 Å². The number of methoxy groups -OCH3 is 1. The zero-order valence-corrected chi connectivity index (χ0v) is 17.1. The minimum atomic E-state index is -0.210. The Kier molecular flexibility index (Phi) is 5.36. The van der Waals surface area contributed by atoms with E-state index in [-0.39, 0.29) is 11.9 Å². The van der Waals surface area contributed by atoms with E-state index in [2.05, 4.69) is 12.1 Å². The summed E-state index contributed by atoms with van der Waals surface area (Å²) in [5.41, 5.74) is 4.52. The molecule has 146 valence electrons. The number of aryl methyl sites for hydroxylation is 1. The summed E-state index contributed by atoms with van der Waals surface area (Å²) in [6, 6.07) is 22.8. The summed E-state index contributed by atoms with van der Waals surface area (Å²) < 4.78 is 5.27. The first-order valence-electron chi connectivity index (χ1n) is 9.43. The molecule has 1 atom stereocenters. The van der Waals surface area contributed by atoms with Crippen molar-refractivity contribution in [2.45, 2.75) is 19.4 Å². The Morgan fingerprint density at radius 3 is 2.38 bits per heavy atom. The molecule has 1 heterocycles. The summed E-state index contributed by atoms with van der Waals surface area (Å²) in [5, 5.41) is 6.69. The van der Waals surface area contributed by atoms with E-state index in [1.807, 2.05) is 55.5 Å². The topological polar surface area (TPSA) is 41.9 Å². The van der Waals surface area contributed by atoms with Crippen LogP contribution in [0.25, 0.3) is 0 Å². The van der Waals surface area contributed by atoms with Crippen LogP contribution in [0.3, 0.4) is 0 Å². The minimum Gasteiger partial charge on any atom is -0.497 e. The molecule has 5 heteroatoms. The first kappa shape index (κ1) is 19.2. The zero-order chi connectivity index (χ0) is 20.4. The predicted molar refractivity (Wildman–Crippen MR) is 116 cm³/mol. The van der Waals surface area contributed by atoms with Gasteiger partial charge in [-0.2, -0.15) is 5.10 Å². The van der Waals surface area contributed by atoms with Gasteiger partial charge in [0.05, 0.1) is 29.4 Å². The molecule has 0 spiro atoms. The molecule has 0 saturated carbocycles. The molecule has 1 aliphatic heterocycles. The zero-order valence-electron chi connectivity index (χ0n) is 16.3. The van der Waals surface area contributed by atoms with Crippen molar-refractivity contribution >= 4 is 23.2 Å². The molecule has 0 unspecified atom stereocenters. The Balaban J connectivity index is 1.73. The molecule has 1 amide bonds. The monoisotopic (exact) mass is 404 g/mol. The summed E-state index contributed by atoms with van der Waals surface area (Å²) in [7, 11) is 1.64. The highest BCUT2D eigenvalue weighted by molar-refractivity contribution is 6.33. The molecule has 0 N–H and O–H groups in total. The van der Waals surface area contributed by atoms with Crippen LogP contribution in [-0.2, 0) is 0 Å². The van der Waals surface area contributed by atoms with Gasteiger partial charge < -0.3 is 4.74 Å². The Morgan fingerprint density at radius 2 is 1.72 bits per heavy atom. The number of benzene rings is 3. The molecule has 0 aliphatic carbocycles. The van der Waals surface area contributed by atoms with Gasteiger partial charge in [0, 0.05) is 6.42 Å². The van der Waals surface area contributed by atoms with Gasteiger partial charge in [-0.25, -0.2) is 5.01 Å². The predicted octanol–water partition coefficient (Wildman–Crippen LogP) is 5.65. The second-order valence-corrected chi connectivity index (χ2v) is 7.44. The fourth-order valence-corrected chi connectivity index (χ4v) is 3.68. The van der Waals surface area contributed by atoms with Crippen LogP contribution in [0.5, 0.6) is 5.75 Å². The molecule has 0 aromatic heterocycles. The van der Waals surface area contributed by atoms with Crippen molar-refractivity contribution < 1.29 is 9.53 Å². The molecule has 0 saturated heterocycles. The van der Waals surface area contributed by atoms with Crippen molar-refractivity contribution in [3.8, 4) is 5.75 Å². The Morgan fingerprint density at radius 1 is 1.03 bits per heavy atom. The van der Waals surface area contributed by atoms with Crippen molar-refractivity contribution in [1.29, 1.82) is 0 Å². The average Bonchev–Trinajstić information content (AvgIpc) is 3.19.